The molecule has 0 radical (unpaired) electrons. The highest BCUT2D eigenvalue weighted by molar-refractivity contribution is 5.77. The Kier molecular flexibility index (Phi) is 8.95. The van der Waals surface area contributed by atoms with Gasteiger partial charge in [-0.2, -0.15) is 0 Å². The molecule has 0 spiro atoms. The predicted octanol–water partition coefficient (Wildman–Crippen LogP) is 0.258. The molecule has 2 aliphatic heterocycles. The summed E-state index contributed by atoms with van der Waals surface area (Å²) >= 11 is 0. The monoisotopic (exact) mass is 385 g/mol. The summed E-state index contributed by atoms with van der Waals surface area (Å²) in [4.78, 5) is 27.2. The molecular weight excluding hydrogens is 350 g/mol. The van der Waals surface area contributed by atoms with Crippen molar-refractivity contribution in [3.63, 3.8) is 0 Å². The topological polar surface area (TPSA) is 80.3 Å². The summed E-state index contributed by atoms with van der Waals surface area (Å²) < 4.78 is 16.3. The number of carbonyl (C=O) groups excluding carboxylic acids is 2. The largest absolute Gasteiger partial charge is 0.466 e. The van der Waals surface area contributed by atoms with Crippen LogP contribution in [0.4, 0.5) is 0 Å². The maximum absolute atomic E-state index is 12.3. The number of unbranched alkanes of at least 4 members (excludes halogenated alkanes) is 1. The molecule has 0 aliphatic carbocycles. The fraction of sp³-hybridized carbons (Fsp3) is 0.895. The van der Waals surface area contributed by atoms with Crippen molar-refractivity contribution >= 4 is 11.9 Å². The molecule has 0 aromatic rings. The van der Waals surface area contributed by atoms with Gasteiger partial charge in [0.1, 0.15) is 6.61 Å². The van der Waals surface area contributed by atoms with Crippen molar-refractivity contribution in [3.05, 3.63) is 0 Å². The average molecular weight is 386 g/mol. The van der Waals surface area contributed by atoms with Gasteiger partial charge in [0.2, 0.25) is 5.91 Å². The molecule has 2 rings (SSSR count). The van der Waals surface area contributed by atoms with Crippen LogP contribution in [0.1, 0.15) is 33.6 Å². The summed E-state index contributed by atoms with van der Waals surface area (Å²) in [5.41, 5.74) is -0.132. The van der Waals surface area contributed by atoms with Crippen LogP contribution in [-0.2, 0) is 23.8 Å². The molecule has 2 aliphatic rings. The zero-order valence-corrected chi connectivity index (χ0v) is 17.0. The zero-order chi connectivity index (χ0) is 19.7. The van der Waals surface area contributed by atoms with Gasteiger partial charge < -0.3 is 24.4 Å². The third kappa shape index (κ3) is 8.55. The van der Waals surface area contributed by atoms with E-state index < -0.39 is 0 Å². The second kappa shape index (κ2) is 10.9. The molecular formula is C19H35N3O5. The Morgan fingerprint density at radius 3 is 2.56 bits per heavy atom. The van der Waals surface area contributed by atoms with Crippen LogP contribution in [0.25, 0.3) is 0 Å². The first kappa shape index (κ1) is 22.1. The summed E-state index contributed by atoms with van der Waals surface area (Å²) in [5.74, 6) is -0.165. The number of hydrogen-bond acceptors (Lipinski definition) is 7. The molecule has 1 N–H and O–H groups in total. The van der Waals surface area contributed by atoms with Crippen LogP contribution >= 0.6 is 0 Å². The summed E-state index contributed by atoms with van der Waals surface area (Å²) in [6.45, 7) is 12.3. The van der Waals surface area contributed by atoms with Crippen LogP contribution in [-0.4, -0.2) is 99.0 Å². The van der Waals surface area contributed by atoms with Crippen LogP contribution in [0.2, 0.25) is 0 Å². The van der Waals surface area contributed by atoms with Gasteiger partial charge in [-0.15, -0.1) is 0 Å². The molecule has 1 amide bonds. The molecule has 0 unspecified atom stereocenters. The van der Waals surface area contributed by atoms with Crippen LogP contribution in [0.5, 0.6) is 0 Å². The van der Waals surface area contributed by atoms with Crippen molar-refractivity contribution in [2.45, 2.75) is 45.3 Å². The smallest absolute Gasteiger partial charge is 0.302 e. The lowest BCUT2D eigenvalue weighted by molar-refractivity contribution is -0.141. The number of rotatable bonds is 9. The molecule has 8 nitrogen and oxygen atoms in total. The van der Waals surface area contributed by atoms with E-state index in [1.54, 1.807) is 0 Å². The number of hydrogen-bond donors (Lipinski definition) is 1. The third-order valence-electron chi connectivity index (χ3n) is 4.94. The second-order valence-electron chi connectivity index (χ2n) is 7.93. The summed E-state index contributed by atoms with van der Waals surface area (Å²) in [5, 5.41) is 3.39. The Balaban J connectivity index is 1.51. The van der Waals surface area contributed by atoms with E-state index in [1.165, 1.54) is 6.92 Å². The van der Waals surface area contributed by atoms with Crippen molar-refractivity contribution < 1.29 is 23.8 Å². The number of esters is 1. The molecule has 0 aromatic heterocycles. The Morgan fingerprint density at radius 1 is 1.19 bits per heavy atom. The Labute approximate surface area is 162 Å². The van der Waals surface area contributed by atoms with Gasteiger partial charge in [0.15, 0.2) is 0 Å². The van der Waals surface area contributed by atoms with E-state index >= 15 is 0 Å². The van der Waals surface area contributed by atoms with E-state index in [0.29, 0.717) is 19.8 Å². The first-order valence-electron chi connectivity index (χ1n) is 9.94. The van der Waals surface area contributed by atoms with Gasteiger partial charge in [-0.25, -0.2) is 0 Å². The van der Waals surface area contributed by atoms with Gasteiger partial charge in [-0.3, -0.25) is 14.5 Å². The van der Waals surface area contributed by atoms with Crippen molar-refractivity contribution in [1.29, 1.82) is 0 Å². The lowest BCUT2D eigenvalue weighted by atomic mass is 10.1. The predicted molar refractivity (Wildman–Crippen MR) is 102 cm³/mol. The lowest BCUT2D eigenvalue weighted by Gasteiger charge is -2.36. The van der Waals surface area contributed by atoms with Gasteiger partial charge in [-0.1, -0.05) is 0 Å². The molecule has 27 heavy (non-hydrogen) atoms. The molecule has 0 bridgehead atoms. The molecule has 2 fully saturated rings. The minimum atomic E-state index is -0.222. The van der Waals surface area contributed by atoms with Crippen molar-refractivity contribution in [2.75, 3.05) is 65.7 Å². The number of carbonyl (C=O) groups is 2. The van der Waals surface area contributed by atoms with E-state index in [-0.39, 0.29) is 30.1 Å². The maximum Gasteiger partial charge on any atom is 0.302 e. The van der Waals surface area contributed by atoms with Gasteiger partial charge in [-0.05, 0) is 33.2 Å². The molecule has 2 heterocycles. The minimum absolute atomic E-state index is 0.0570. The van der Waals surface area contributed by atoms with Crippen molar-refractivity contribution in [1.82, 2.24) is 15.1 Å². The van der Waals surface area contributed by atoms with E-state index in [0.717, 1.165) is 52.1 Å². The normalized spacial score (nSPS) is 23.2. The number of nitrogens with one attached hydrogen (secondary N) is 1. The average Bonchev–Trinajstić information content (AvgIpc) is 2.63. The SMILES string of the molecule is CC(=O)OCCCCN1CCN(C(=O)COC[C@@H]2COC(C)(C)CN2)CC1. The van der Waals surface area contributed by atoms with Crippen LogP contribution < -0.4 is 5.32 Å². The fourth-order valence-electron chi connectivity index (χ4n) is 3.19. The van der Waals surface area contributed by atoms with Crippen LogP contribution in [0, 0.1) is 0 Å². The third-order valence-corrected chi connectivity index (χ3v) is 4.94. The number of nitrogens with zero attached hydrogens (tertiary/aromatic N) is 2. The quantitative estimate of drug-likeness (QED) is 0.450. The molecule has 2 saturated heterocycles. The number of piperazine rings is 1. The maximum atomic E-state index is 12.3. The van der Waals surface area contributed by atoms with Crippen LogP contribution in [0.3, 0.4) is 0 Å². The number of amides is 1. The zero-order valence-electron chi connectivity index (χ0n) is 17.0. The first-order valence-corrected chi connectivity index (χ1v) is 9.94. The van der Waals surface area contributed by atoms with Gasteiger partial charge in [0.25, 0.3) is 0 Å². The number of ether oxygens (including phenoxy) is 3. The fourth-order valence-corrected chi connectivity index (χ4v) is 3.19. The molecule has 156 valence electrons. The molecule has 8 heteroatoms. The van der Waals surface area contributed by atoms with Gasteiger partial charge >= 0.3 is 5.97 Å². The highest BCUT2D eigenvalue weighted by Crippen LogP contribution is 2.13. The Bertz CT molecular complexity index is 468. The molecule has 0 saturated carbocycles. The highest BCUT2D eigenvalue weighted by atomic mass is 16.5. The summed E-state index contributed by atoms with van der Waals surface area (Å²) in [7, 11) is 0. The van der Waals surface area contributed by atoms with Crippen molar-refractivity contribution in [2.24, 2.45) is 0 Å². The first-order chi connectivity index (χ1) is 12.9. The number of morpholine rings is 1. The lowest BCUT2D eigenvalue weighted by Crippen LogP contribution is -2.53. The summed E-state index contributed by atoms with van der Waals surface area (Å²) in [6.07, 6.45) is 1.88. The van der Waals surface area contributed by atoms with E-state index in [2.05, 4.69) is 24.1 Å². The highest BCUT2D eigenvalue weighted by Gasteiger charge is 2.27. The van der Waals surface area contributed by atoms with Gasteiger partial charge in [0, 0.05) is 39.6 Å². The second-order valence-corrected chi connectivity index (χ2v) is 7.93. The van der Waals surface area contributed by atoms with Gasteiger partial charge in [0.05, 0.1) is 31.5 Å². The van der Waals surface area contributed by atoms with Crippen molar-refractivity contribution in [3.8, 4) is 0 Å². The Morgan fingerprint density at radius 2 is 1.93 bits per heavy atom. The van der Waals surface area contributed by atoms with E-state index in [1.807, 2.05) is 4.90 Å². The standard InChI is InChI=1S/C19H35N3O5/c1-16(23)26-11-5-4-6-21-7-9-22(10-8-21)18(24)14-25-12-17-13-27-19(2,3)15-20-17/h17,20H,4-15H2,1-3H3/t17-/m1/s1. The van der Waals surface area contributed by atoms with Crippen LogP contribution in [0.15, 0.2) is 0 Å². The van der Waals surface area contributed by atoms with E-state index in [4.69, 9.17) is 14.2 Å². The summed E-state index contributed by atoms with van der Waals surface area (Å²) in [6, 6.07) is 0.148. The molecule has 1 atom stereocenters. The minimum Gasteiger partial charge on any atom is -0.466 e. The Hall–Kier alpha value is -1.22. The molecule has 0 aromatic carbocycles. The van der Waals surface area contributed by atoms with E-state index in [9.17, 15) is 9.59 Å².